The van der Waals surface area contributed by atoms with Crippen LogP contribution in [0.25, 0.3) is 11.1 Å². The zero-order valence-corrected chi connectivity index (χ0v) is 13.6. The van der Waals surface area contributed by atoms with Crippen LogP contribution in [0.15, 0.2) is 48.5 Å². The molecule has 1 aliphatic rings. The molecule has 1 heterocycles. The Morgan fingerprint density at radius 2 is 1.76 bits per heavy atom. The molecule has 2 aromatic rings. The van der Waals surface area contributed by atoms with Crippen molar-refractivity contribution in [1.82, 2.24) is 0 Å². The van der Waals surface area contributed by atoms with Gasteiger partial charge in [0.15, 0.2) is 0 Å². The molecule has 3 rings (SSSR count). The quantitative estimate of drug-likeness (QED) is 0.782. The Balaban J connectivity index is 2.06. The van der Waals surface area contributed by atoms with Gasteiger partial charge in [-0.05, 0) is 31.5 Å². The third kappa shape index (κ3) is 3.55. The first-order chi connectivity index (χ1) is 11.8. The van der Waals surface area contributed by atoms with Crippen LogP contribution < -0.4 is 9.64 Å². The van der Waals surface area contributed by atoms with E-state index in [1.54, 1.807) is 50.2 Å². The summed E-state index contributed by atoms with van der Waals surface area (Å²) in [6, 6.07) is 12.6. The Hall–Kier alpha value is -2.70. The second-order valence-electron chi connectivity index (χ2n) is 5.79. The number of benzene rings is 2. The van der Waals surface area contributed by atoms with Gasteiger partial charge < -0.3 is 9.47 Å². The van der Waals surface area contributed by atoms with E-state index >= 15 is 0 Å². The van der Waals surface area contributed by atoms with E-state index in [0.717, 1.165) is 0 Å². The summed E-state index contributed by atoms with van der Waals surface area (Å²) in [6.07, 6.45) is -5.79. The number of amides is 1. The average molecular weight is 351 g/mol. The monoisotopic (exact) mass is 351 g/mol. The van der Waals surface area contributed by atoms with Crippen LogP contribution >= 0.6 is 0 Å². The van der Waals surface area contributed by atoms with Crippen molar-refractivity contribution < 1.29 is 27.4 Å². The molecule has 0 radical (unpaired) electrons. The lowest BCUT2D eigenvalue weighted by Gasteiger charge is -2.22. The summed E-state index contributed by atoms with van der Waals surface area (Å²) in [6.45, 7) is 3.50. The molecule has 4 nitrogen and oxygen atoms in total. The van der Waals surface area contributed by atoms with E-state index in [1.165, 1.54) is 17.0 Å². The maximum Gasteiger partial charge on any atom is 0.573 e. The van der Waals surface area contributed by atoms with Crippen LogP contribution in [0, 0.1) is 0 Å². The predicted octanol–water partition coefficient (Wildman–Crippen LogP) is 4.99. The average Bonchev–Trinajstić information content (AvgIpc) is 2.79. The smallest absolute Gasteiger partial charge is 0.444 e. The summed E-state index contributed by atoms with van der Waals surface area (Å²) in [7, 11) is 0. The number of ether oxygens (including phenoxy) is 2. The number of halogens is 3. The molecule has 132 valence electrons. The Kier molecular flexibility index (Phi) is 4.32. The molecule has 2 atom stereocenters. The summed E-state index contributed by atoms with van der Waals surface area (Å²) in [5.74, 6) is -0.365. The summed E-state index contributed by atoms with van der Waals surface area (Å²) < 4.78 is 47.8. The van der Waals surface area contributed by atoms with Gasteiger partial charge in [0.2, 0.25) is 0 Å². The zero-order chi connectivity index (χ0) is 18.2. The first kappa shape index (κ1) is 17.1. The van der Waals surface area contributed by atoms with Crippen molar-refractivity contribution in [2.24, 2.45) is 0 Å². The molecule has 7 heteroatoms. The number of cyclic esters (lactones) is 1. The minimum atomic E-state index is -4.84. The number of rotatable bonds is 3. The minimum Gasteiger partial charge on any atom is -0.444 e. The normalized spacial score (nSPS) is 20.5. The molecule has 1 saturated heterocycles. The minimum absolute atomic E-state index is 0.287. The van der Waals surface area contributed by atoms with E-state index in [9.17, 15) is 18.0 Å². The van der Waals surface area contributed by atoms with Crippen molar-refractivity contribution in [1.29, 1.82) is 0 Å². The van der Waals surface area contributed by atoms with Gasteiger partial charge in [0.05, 0.1) is 11.7 Å². The Morgan fingerprint density at radius 3 is 2.32 bits per heavy atom. The molecule has 1 aliphatic heterocycles. The van der Waals surface area contributed by atoms with Gasteiger partial charge in [0.1, 0.15) is 11.9 Å². The van der Waals surface area contributed by atoms with Crippen LogP contribution in [0.5, 0.6) is 5.75 Å². The lowest BCUT2D eigenvalue weighted by molar-refractivity contribution is -0.274. The fourth-order valence-electron chi connectivity index (χ4n) is 2.76. The van der Waals surface area contributed by atoms with Gasteiger partial charge in [-0.25, -0.2) is 4.79 Å². The number of carbonyl (C=O) groups is 1. The summed E-state index contributed by atoms with van der Waals surface area (Å²) >= 11 is 0. The first-order valence-corrected chi connectivity index (χ1v) is 7.71. The molecule has 0 N–H and O–H groups in total. The molecule has 25 heavy (non-hydrogen) atoms. The van der Waals surface area contributed by atoms with E-state index in [1.807, 2.05) is 0 Å². The van der Waals surface area contributed by atoms with E-state index < -0.39 is 12.5 Å². The standard InChI is InChI=1S/C18H16F3NO3/c1-11-12(2)24-17(23)22(11)14-8-9-15(13-6-4-3-5-7-13)16(10-14)25-18(19,20)21/h3-12H,1-2H3. The number of carbonyl (C=O) groups excluding carboxylic acids is 1. The van der Waals surface area contributed by atoms with Gasteiger partial charge in [0.25, 0.3) is 0 Å². The number of hydrogen-bond donors (Lipinski definition) is 0. The van der Waals surface area contributed by atoms with Crippen molar-refractivity contribution in [3.8, 4) is 16.9 Å². The van der Waals surface area contributed by atoms with E-state index in [2.05, 4.69) is 4.74 Å². The van der Waals surface area contributed by atoms with Crippen LogP contribution in [0.3, 0.4) is 0 Å². The largest absolute Gasteiger partial charge is 0.573 e. The number of anilines is 1. The van der Waals surface area contributed by atoms with Gasteiger partial charge >= 0.3 is 12.5 Å². The molecule has 1 amide bonds. The highest BCUT2D eigenvalue weighted by molar-refractivity contribution is 5.91. The molecular weight excluding hydrogens is 335 g/mol. The van der Waals surface area contributed by atoms with Crippen LogP contribution in [-0.4, -0.2) is 24.6 Å². The SMILES string of the molecule is CC1OC(=O)N(c2ccc(-c3ccccc3)c(OC(F)(F)F)c2)C1C. The molecule has 0 saturated carbocycles. The van der Waals surface area contributed by atoms with Gasteiger partial charge in [0, 0.05) is 11.6 Å². The lowest BCUT2D eigenvalue weighted by atomic mass is 10.0. The molecule has 2 aromatic carbocycles. The van der Waals surface area contributed by atoms with E-state index in [4.69, 9.17) is 4.74 Å². The highest BCUT2D eigenvalue weighted by Crippen LogP contribution is 2.38. The fourth-order valence-corrected chi connectivity index (χ4v) is 2.76. The van der Waals surface area contributed by atoms with E-state index in [-0.39, 0.29) is 23.5 Å². The van der Waals surface area contributed by atoms with Crippen molar-refractivity contribution in [3.63, 3.8) is 0 Å². The van der Waals surface area contributed by atoms with Crippen molar-refractivity contribution >= 4 is 11.8 Å². The summed E-state index contributed by atoms with van der Waals surface area (Å²) in [4.78, 5) is 13.3. The van der Waals surface area contributed by atoms with Gasteiger partial charge in [-0.2, -0.15) is 0 Å². The van der Waals surface area contributed by atoms with Crippen molar-refractivity contribution in [2.75, 3.05) is 4.90 Å². The molecule has 0 bridgehead atoms. The van der Waals surface area contributed by atoms with E-state index in [0.29, 0.717) is 11.3 Å². The maximum atomic E-state index is 12.8. The summed E-state index contributed by atoms with van der Waals surface area (Å²) in [5.41, 5.74) is 1.16. The van der Waals surface area contributed by atoms with Crippen molar-refractivity contribution in [3.05, 3.63) is 48.5 Å². The fraction of sp³-hybridized carbons (Fsp3) is 0.278. The molecule has 0 aliphatic carbocycles. The number of alkyl halides is 3. The third-order valence-corrected chi connectivity index (χ3v) is 4.12. The van der Waals surface area contributed by atoms with Crippen LogP contribution in [0.4, 0.5) is 23.7 Å². The molecule has 0 spiro atoms. The number of hydrogen-bond acceptors (Lipinski definition) is 3. The Bertz CT molecular complexity index is 777. The first-order valence-electron chi connectivity index (χ1n) is 7.71. The zero-order valence-electron chi connectivity index (χ0n) is 13.6. The second-order valence-corrected chi connectivity index (χ2v) is 5.79. The third-order valence-electron chi connectivity index (χ3n) is 4.12. The van der Waals surface area contributed by atoms with Crippen LogP contribution in [-0.2, 0) is 4.74 Å². The number of nitrogens with zero attached hydrogens (tertiary/aromatic N) is 1. The van der Waals surface area contributed by atoms with Crippen molar-refractivity contribution in [2.45, 2.75) is 32.4 Å². The Morgan fingerprint density at radius 1 is 1.08 bits per heavy atom. The maximum absolute atomic E-state index is 12.8. The van der Waals surface area contributed by atoms with Gasteiger partial charge in [-0.1, -0.05) is 30.3 Å². The van der Waals surface area contributed by atoms with Gasteiger partial charge in [-0.3, -0.25) is 4.90 Å². The van der Waals surface area contributed by atoms with Gasteiger partial charge in [-0.15, -0.1) is 13.2 Å². The molecule has 1 fully saturated rings. The summed E-state index contributed by atoms with van der Waals surface area (Å²) in [5, 5.41) is 0. The highest BCUT2D eigenvalue weighted by atomic mass is 19.4. The molecule has 2 unspecified atom stereocenters. The molecular formula is C18H16F3NO3. The lowest BCUT2D eigenvalue weighted by Crippen LogP contribution is -2.33. The van der Waals surface area contributed by atoms with Crippen LogP contribution in [0.2, 0.25) is 0 Å². The predicted molar refractivity (Wildman–Crippen MR) is 86.4 cm³/mol. The Labute approximate surface area is 142 Å². The van der Waals surface area contributed by atoms with Crippen LogP contribution in [0.1, 0.15) is 13.8 Å². The second kappa shape index (κ2) is 6.31. The highest BCUT2D eigenvalue weighted by Gasteiger charge is 2.38. The topological polar surface area (TPSA) is 38.8 Å². The molecule has 0 aromatic heterocycles.